The third kappa shape index (κ3) is 14.3. The molecule has 1 aromatic heterocycles. The summed E-state index contributed by atoms with van der Waals surface area (Å²) in [5.41, 5.74) is 0.348. The Morgan fingerprint density at radius 3 is 1.78 bits per heavy atom. The molecular weight excluding hydrogens is 684 g/mol. The van der Waals surface area contributed by atoms with Crippen LogP contribution in [0.15, 0.2) is 45.7 Å². The number of carbonyl (C=O) groups excluding carboxylic acids is 3. The van der Waals surface area contributed by atoms with E-state index in [-0.39, 0.29) is 16.7 Å². The number of hydrogen-bond acceptors (Lipinski definition) is 12. The number of aryl methyl sites for hydroxylation is 1. The van der Waals surface area contributed by atoms with Crippen molar-refractivity contribution in [1.82, 2.24) is 9.88 Å². The van der Waals surface area contributed by atoms with Crippen molar-refractivity contribution in [3.05, 3.63) is 64.0 Å². The van der Waals surface area contributed by atoms with Gasteiger partial charge in [0.1, 0.15) is 17.1 Å². The van der Waals surface area contributed by atoms with E-state index in [0.29, 0.717) is 11.6 Å². The average molecular weight is 734 g/mol. The molecule has 0 amide bonds. The lowest BCUT2D eigenvalue weighted by atomic mass is 9.78. The van der Waals surface area contributed by atoms with Crippen LogP contribution in [-0.2, 0) is 31.6 Å². The molecule has 0 fully saturated rings. The van der Waals surface area contributed by atoms with E-state index in [4.69, 9.17) is 26.1 Å². The van der Waals surface area contributed by atoms with Crippen LogP contribution in [0.1, 0.15) is 96.7 Å². The molecule has 0 spiro atoms. The van der Waals surface area contributed by atoms with Gasteiger partial charge in [-0.05, 0) is 62.3 Å². The second-order valence-electron chi connectivity index (χ2n) is 14.7. The van der Waals surface area contributed by atoms with Crippen LogP contribution in [-0.4, -0.2) is 70.5 Å². The zero-order chi connectivity index (χ0) is 38.8. The number of phenols is 1. The highest BCUT2D eigenvalue weighted by atomic mass is 35.5. The maximum absolute atomic E-state index is 11.1. The maximum atomic E-state index is 11.1. The number of aromatic nitrogens is 1. The fraction of sp³-hybridized carbons (Fsp3) is 0.514. The Labute approximate surface area is 304 Å². The van der Waals surface area contributed by atoms with E-state index in [1.54, 1.807) is 11.8 Å². The van der Waals surface area contributed by atoms with Crippen molar-refractivity contribution < 1.29 is 44.3 Å². The minimum atomic E-state index is -2.97. The number of hydrogen-bond donors (Lipinski definition) is 2. The SMILES string of the molecule is CC(C)c1oc(-c2cc(C(C)(C)C)c(O)c(C(C)(C)C)c2)nc1CCSc1cccc(Cl)c1.CN(C)C.O=C([O-])CC(O)(CC(=O)[O-])C(=O)[O-]. The number of carboxylic acids is 3. The molecule has 0 radical (unpaired) electrons. The van der Waals surface area contributed by atoms with Crippen molar-refractivity contribution in [2.24, 2.45) is 0 Å². The van der Waals surface area contributed by atoms with E-state index >= 15 is 0 Å². The number of oxazole rings is 1. The fourth-order valence-electron chi connectivity index (χ4n) is 4.53. The average Bonchev–Trinajstić information content (AvgIpc) is 3.35. The Morgan fingerprint density at radius 2 is 1.40 bits per heavy atom. The van der Waals surface area contributed by atoms with Gasteiger partial charge in [-0.2, -0.15) is 0 Å². The zero-order valence-electron chi connectivity index (χ0n) is 30.8. The number of thioether (sulfide) groups is 1. The van der Waals surface area contributed by atoms with Crippen molar-refractivity contribution in [3.63, 3.8) is 0 Å². The molecule has 0 aliphatic heterocycles. The van der Waals surface area contributed by atoms with Crippen LogP contribution >= 0.6 is 23.4 Å². The standard InChI is InChI=1S/C28H36ClNO2S.C6H8O7.C3H9N/c1-17(2)25-23(12-13-33-20-11-9-10-19(29)16-20)30-26(32-25)18-14-21(27(3,4)5)24(31)22(15-18)28(6,7)8;7-3(8)1-6(13,5(11)12)2-4(9)10;1-4(2)3/h9-11,14-17,31H,12-13H2,1-8H3;13H,1-2H2,(H,7,8)(H,9,10)(H,11,12);1-3H3/p-3. The molecule has 0 aliphatic rings. The summed E-state index contributed by atoms with van der Waals surface area (Å²) in [7, 11) is 6.00. The number of halogens is 1. The quantitative estimate of drug-likeness (QED) is 0.272. The number of aromatic hydroxyl groups is 1. The summed E-state index contributed by atoms with van der Waals surface area (Å²) in [6.07, 6.45) is -1.91. The van der Waals surface area contributed by atoms with Gasteiger partial charge in [-0.15, -0.1) is 11.8 Å². The molecule has 0 atom stereocenters. The monoisotopic (exact) mass is 733 g/mol. The summed E-state index contributed by atoms with van der Waals surface area (Å²) in [6.45, 7) is 17.0. The van der Waals surface area contributed by atoms with E-state index in [1.807, 2.05) is 56.4 Å². The minimum absolute atomic E-state index is 0.204. The van der Waals surface area contributed by atoms with Crippen molar-refractivity contribution in [1.29, 1.82) is 0 Å². The molecule has 11 nitrogen and oxygen atoms in total. The smallest absolute Gasteiger partial charge is 0.226 e. The first-order chi connectivity index (χ1) is 22.8. The van der Waals surface area contributed by atoms with E-state index in [1.165, 1.54) is 0 Å². The van der Waals surface area contributed by atoms with E-state index in [0.717, 1.165) is 50.2 Å². The van der Waals surface area contributed by atoms with Crippen molar-refractivity contribution in [2.75, 3.05) is 26.9 Å². The molecular formula is C37H50ClN2O9S-3. The first-order valence-corrected chi connectivity index (χ1v) is 17.4. The molecule has 278 valence electrons. The first kappa shape index (κ1) is 44.4. The van der Waals surface area contributed by atoms with Crippen molar-refractivity contribution in [3.8, 4) is 17.2 Å². The largest absolute Gasteiger partial charge is 0.550 e. The Morgan fingerprint density at radius 1 is 0.920 bits per heavy atom. The molecule has 3 rings (SSSR count). The highest BCUT2D eigenvalue weighted by Crippen LogP contribution is 2.42. The van der Waals surface area contributed by atoms with Crippen molar-refractivity contribution >= 4 is 41.3 Å². The molecule has 0 saturated heterocycles. The summed E-state index contributed by atoms with van der Waals surface area (Å²) < 4.78 is 6.34. The number of aliphatic hydroxyl groups is 1. The molecule has 2 aromatic carbocycles. The summed E-state index contributed by atoms with van der Waals surface area (Å²) in [6, 6.07) is 12.0. The summed E-state index contributed by atoms with van der Waals surface area (Å²) in [5, 5.41) is 50.7. The highest BCUT2D eigenvalue weighted by molar-refractivity contribution is 7.99. The topological polar surface area (TPSA) is 190 Å². The lowest BCUT2D eigenvalue weighted by molar-refractivity contribution is -0.339. The van der Waals surface area contributed by atoms with Crippen molar-refractivity contribution in [2.45, 2.75) is 102 Å². The molecule has 0 saturated carbocycles. The Bertz CT molecular complexity index is 1550. The first-order valence-electron chi connectivity index (χ1n) is 16.0. The van der Waals surface area contributed by atoms with Crippen LogP contribution < -0.4 is 15.3 Å². The Kier molecular flexibility index (Phi) is 16.5. The lowest BCUT2D eigenvalue weighted by Crippen LogP contribution is -2.54. The van der Waals surface area contributed by atoms with Gasteiger partial charge in [-0.3, -0.25) is 0 Å². The second kappa shape index (κ2) is 18.6. The van der Waals surface area contributed by atoms with Gasteiger partial charge in [0.25, 0.3) is 0 Å². The van der Waals surface area contributed by atoms with Gasteiger partial charge in [-0.1, -0.05) is 73.1 Å². The summed E-state index contributed by atoms with van der Waals surface area (Å²) in [4.78, 5) is 38.1. The van der Waals surface area contributed by atoms with Crippen LogP contribution in [0.3, 0.4) is 0 Å². The van der Waals surface area contributed by atoms with Gasteiger partial charge in [0, 0.05) is 69.5 Å². The highest BCUT2D eigenvalue weighted by Gasteiger charge is 2.30. The number of rotatable bonds is 11. The summed E-state index contributed by atoms with van der Waals surface area (Å²) in [5.74, 6) is -2.94. The molecule has 50 heavy (non-hydrogen) atoms. The van der Waals surface area contributed by atoms with Crippen LogP contribution in [0.4, 0.5) is 0 Å². The fourth-order valence-corrected chi connectivity index (χ4v) is 5.70. The number of carboxylic acid groups (broad SMARTS) is 3. The molecule has 2 N–H and O–H groups in total. The second-order valence-corrected chi connectivity index (χ2v) is 16.3. The normalized spacial score (nSPS) is 11.8. The molecule has 13 heteroatoms. The van der Waals surface area contributed by atoms with E-state index in [2.05, 4.69) is 61.5 Å². The van der Waals surface area contributed by atoms with Gasteiger partial charge in [0.15, 0.2) is 0 Å². The number of nitrogens with zero attached hydrogens (tertiary/aromatic N) is 2. The predicted molar refractivity (Wildman–Crippen MR) is 190 cm³/mol. The number of carbonyl (C=O) groups is 3. The van der Waals surface area contributed by atoms with Gasteiger partial charge in [0.2, 0.25) is 5.89 Å². The number of phenolic OH excluding ortho intramolecular Hbond substituents is 1. The minimum Gasteiger partial charge on any atom is -0.550 e. The third-order valence-electron chi connectivity index (χ3n) is 6.88. The summed E-state index contributed by atoms with van der Waals surface area (Å²) >= 11 is 7.89. The van der Waals surface area contributed by atoms with Gasteiger partial charge in [0.05, 0.1) is 11.7 Å². The maximum Gasteiger partial charge on any atom is 0.226 e. The Hall–Kier alpha value is -3.58. The van der Waals surface area contributed by atoms with Crippen LogP contribution in [0.5, 0.6) is 5.75 Å². The van der Waals surface area contributed by atoms with Crippen LogP contribution in [0.2, 0.25) is 5.02 Å². The molecule has 1 heterocycles. The molecule has 0 unspecified atom stereocenters. The molecule has 0 bridgehead atoms. The predicted octanol–water partition coefficient (Wildman–Crippen LogP) is 3.68. The number of aliphatic carboxylic acids is 3. The van der Waals surface area contributed by atoms with Crippen LogP contribution in [0, 0.1) is 0 Å². The van der Waals surface area contributed by atoms with Gasteiger partial charge >= 0.3 is 0 Å². The molecule has 3 aromatic rings. The van der Waals surface area contributed by atoms with E-state index in [9.17, 15) is 34.8 Å². The zero-order valence-corrected chi connectivity index (χ0v) is 32.4. The number of benzene rings is 2. The Balaban J connectivity index is 0.000000612. The van der Waals surface area contributed by atoms with Crippen LogP contribution in [0.25, 0.3) is 11.5 Å². The van der Waals surface area contributed by atoms with Gasteiger partial charge < -0.3 is 49.2 Å². The van der Waals surface area contributed by atoms with Gasteiger partial charge in [-0.25, -0.2) is 4.98 Å². The molecule has 0 aliphatic carbocycles. The third-order valence-corrected chi connectivity index (χ3v) is 8.11. The lowest BCUT2D eigenvalue weighted by Gasteiger charge is -2.29. The van der Waals surface area contributed by atoms with E-state index < -0.39 is 36.4 Å².